The maximum atomic E-state index is 8.04. The third-order valence-corrected chi connectivity index (χ3v) is 1.59. The summed E-state index contributed by atoms with van der Waals surface area (Å²) in [6.45, 7) is 0.381. The lowest BCUT2D eigenvalue weighted by molar-refractivity contribution is 0.396. The summed E-state index contributed by atoms with van der Waals surface area (Å²) in [6, 6.07) is 3.62. The molecule has 76 valence electrons. The molecular formula is C10H10N4O. The van der Waals surface area contributed by atoms with Gasteiger partial charge in [0, 0.05) is 24.1 Å². The summed E-state index contributed by atoms with van der Waals surface area (Å²) >= 11 is 0. The molecule has 0 saturated heterocycles. The van der Waals surface area contributed by atoms with E-state index in [1.54, 1.807) is 19.4 Å². The predicted molar refractivity (Wildman–Crippen MR) is 56.3 cm³/mol. The second-order valence-electron chi connectivity index (χ2n) is 2.57. The van der Waals surface area contributed by atoms with Gasteiger partial charge in [0.1, 0.15) is 0 Å². The first kappa shape index (κ1) is 10.9. The van der Waals surface area contributed by atoms with E-state index in [9.17, 15) is 0 Å². The first-order chi connectivity index (χ1) is 7.38. The summed E-state index contributed by atoms with van der Waals surface area (Å²) in [4.78, 5) is 6.64. The SMILES string of the molecule is COc1ncccc1C#CCCN=[N+]=[N-]. The van der Waals surface area contributed by atoms with Crippen molar-refractivity contribution in [1.29, 1.82) is 0 Å². The number of hydrogen-bond donors (Lipinski definition) is 0. The minimum atomic E-state index is 0.381. The lowest BCUT2D eigenvalue weighted by Crippen LogP contribution is -1.90. The topological polar surface area (TPSA) is 70.9 Å². The number of aromatic nitrogens is 1. The Hall–Kier alpha value is -2.18. The van der Waals surface area contributed by atoms with Crippen LogP contribution in [-0.4, -0.2) is 18.6 Å². The fourth-order valence-corrected chi connectivity index (χ4v) is 0.957. The van der Waals surface area contributed by atoms with Crippen LogP contribution < -0.4 is 4.74 Å². The first-order valence-electron chi connectivity index (χ1n) is 4.37. The Morgan fingerprint density at radius 1 is 1.67 bits per heavy atom. The van der Waals surface area contributed by atoms with Crippen LogP contribution in [0, 0.1) is 11.8 Å². The minimum absolute atomic E-state index is 0.381. The van der Waals surface area contributed by atoms with Gasteiger partial charge >= 0.3 is 0 Å². The summed E-state index contributed by atoms with van der Waals surface area (Å²) in [7, 11) is 1.55. The minimum Gasteiger partial charge on any atom is -0.480 e. The number of pyridine rings is 1. The second kappa shape index (κ2) is 6.30. The lowest BCUT2D eigenvalue weighted by atomic mass is 10.2. The van der Waals surface area contributed by atoms with Crippen LogP contribution in [0.4, 0.5) is 0 Å². The van der Waals surface area contributed by atoms with E-state index < -0.39 is 0 Å². The largest absolute Gasteiger partial charge is 0.480 e. The van der Waals surface area contributed by atoms with Crippen molar-refractivity contribution < 1.29 is 4.74 Å². The summed E-state index contributed by atoms with van der Waals surface area (Å²) < 4.78 is 5.03. The highest BCUT2D eigenvalue weighted by Gasteiger charge is 1.97. The van der Waals surface area contributed by atoms with Crippen molar-refractivity contribution in [3.63, 3.8) is 0 Å². The van der Waals surface area contributed by atoms with Gasteiger partial charge in [-0.2, -0.15) is 0 Å². The van der Waals surface area contributed by atoms with Crippen LogP contribution in [0.25, 0.3) is 10.4 Å². The second-order valence-corrected chi connectivity index (χ2v) is 2.57. The highest BCUT2D eigenvalue weighted by molar-refractivity contribution is 5.41. The summed E-state index contributed by atoms with van der Waals surface area (Å²) in [5.41, 5.74) is 8.78. The lowest BCUT2D eigenvalue weighted by Gasteiger charge is -1.99. The van der Waals surface area contributed by atoms with Crippen molar-refractivity contribution in [1.82, 2.24) is 4.98 Å². The number of nitrogens with zero attached hydrogens (tertiary/aromatic N) is 4. The van der Waals surface area contributed by atoms with Crippen LogP contribution in [0.1, 0.15) is 12.0 Å². The van der Waals surface area contributed by atoms with Crippen LogP contribution in [0.2, 0.25) is 0 Å². The van der Waals surface area contributed by atoms with E-state index in [0.717, 1.165) is 5.56 Å². The molecule has 0 aliphatic carbocycles. The van der Waals surface area contributed by atoms with Crippen molar-refractivity contribution in [2.75, 3.05) is 13.7 Å². The van der Waals surface area contributed by atoms with Crippen LogP contribution in [0.5, 0.6) is 5.88 Å². The number of rotatable bonds is 3. The summed E-state index contributed by atoms with van der Waals surface area (Å²) in [6.07, 6.45) is 2.17. The van der Waals surface area contributed by atoms with E-state index >= 15 is 0 Å². The molecule has 1 aromatic rings. The zero-order valence-corrected chi connectivity index (χ0v) is 8.34. The Morgan fingerprint density at radius 2 is 2.53 bits per heavy atom. The van der Waals surface area contributed by atoms with Gasteiger partial charge in [0.05, 0.1) is 12.7 Å². The molecule has 0 amide bonds. The zero-order chi connectivity index (χ0) is 10.9. The van der Waals surface area contributed by atoms with Crippen molar-refractivity contribution in [2.45, 2.75) is 6.42 Å². The van der Waals surface area contributed by atoms with Crippen LogP contribution in [0.3, 0.4) is 0 Å². The van der Waals surface area contributed by atoms with Gasteiger partial charge in [-0.1, -0.05) is 17.0 Å². The molecule has 0 saturated carbocycles. The molecule has 5 heteroatoms. The Bertz CT molecular complexity index is 427. The smallest absolute Gasteiger partial charge is 0.229 e. The maximum Gasteiger partial charge on any atom is 0.229 e. The molecule has 1 heterocycles. The predicted octanol–water partition coefficient (Wildman–Crippen LogP) is 2.14. The van der Waals surface area contributed by atoms with Gasteiger partial charge in [0.25, 0.3) is 0 Å². The standard InChI is InChI=1S/C10H10N4O/c1-15-10-9(6-4-7-12-10)5-2-3-8-13-14-11/h4,6-7H,3,8H2,1H3. The molecule has 0 aromatic carbocycles. The number of azide groups is 1. The Labute approximate surface area is 87.7 Å². The quantitative estimate of drug-likeness (QED) is 0.247. The van der Waals surface area contributed by atoms with Gasteiger partial charge < -0.3 is 4.74 Å². The van der Waals surface area contributed by atoms with Gasteiger partial charge in [-0.05, 0) is 17.7 Å². The molecule has 5 nitrogen and oxygen atoms in total. The first-order valence-corrected chi connectivity index (χ1v) is 4.37. The molecule has 0 atom stereocenters. The molecule has 0 aliphatic rings. The van der Waals surface area contributed by atoms with Crippen molar-refractivity contribution in [2.24, 2.45) is 5.11 Å². The van der Waals surface area contributed by atoms with Crippen LogP contribution in [-0.2, 0) is 0 Å². The Morgan fingerprint density at radius 3 is 3.27 bits per heavy atom. The van der Waals surface area contributed by atoms with Crippen molar-refractivity contribution >= 4 is 0 Å². The van der Waals surface area contributed by atoms with E-state index in [2.05, 4.69) is 26.9 Å². The van der Waals surface area contributed by atoms with Gasteiger partial charge in [-0.3, -0.25) is 0 Å². The monoisotopic (exact) mass is 202 g/mol. The Balaban J connectivity index is 2.66. The average molecular weight is 202 g/mol. The summed E-state index contributed by atoms with van der Waals surface area (Å²) in [5.74, 6) is 6.29. The molecule has 15 heavy (non-hydrogen) atoms. The highest BCUT2D eigenvalue weighted by atomic mass is 16.5. The molecule has 0 N–H and O–H groups in total. The average Bonchev–Trinajstić information content (AvgIpc) is 2.29. The fraction of sp³-hybridized carbons (Fsp3) is 0.300. The van der Waals surface area contributed by atoms with Gasteiger partial charge in [0.15, 0.2) is 0 Å². The number of ether oxygens (including phenoxy) is 1. The van der Waals surface area contributed by atoms with E-state index in [0.29, 0.717) is 18.8 Å². The number of hydrogen-bond acceptors (Lipinski definition) is 3. The molecule has 0 unspecified atom stereocenters. The molecule has 0 fully saturated rings. The van der Waals surface area contributed by atoms with Crippen molar-refractivity contribution in [3.8, 4) is 17.7 Å². The highest BCUT2D eigenvalue weighted by Crippen LogP contribution is 2.11. The van der Waals surface area contributed by atoms with Crippen LogP contribution >= 0.6 is 0 Å². The third kappa shape index (κ3) is 3.59. The van der Waals surface area contributed by atoms with E-state index in [1.165, 1.54) is 0 Å². The van der Waals surface area contributed by atoms with Gasteiger partial charge in [0.2, 0.25) is 5.88 Å². The molecule has 0 aliphatic heterocycles. The summed E-state index contributed by atoms with van der Waals surface area (Å²) in [5, 5.41) is 3.38. The molecule has 0 spiro atoms. The van der Waals surface area contributed by atoms with Crippen molar-refractivity contribution in [3.05, 3.63) is 34.3 Å². The maximum absolute atomic E-state index is 8.04. The normalized spacial score (nSPS) is 8.33. The Kier molecular flexibility index (Phi) is 4.58. The third-order valence-electron chi connectivity index (χ3n) is 1.59. The van der Waals surface area contributed by atoms with E-state index in [4.69, 9.17) is 10.3 Å². The van der Waals surface area contributed by atoms with E-state index in [1.807, 2.05) is 6.07 Å². The molecule has 1 aromatic heterocycles. The molecule has 0 radical (unpaired) electrons. The van der Waals surface area contributed by atoms with Gasteiger partial charge in [-0.25, -0.2) is 4.98 Å². The molecule has 1 rings (SSSR count). The van der Waals surface area contributed by atoms with Gasteiger partial charge in [-0.15, -0.1) is 0 Å². The zero-order valence-electron chi connectivity index (χ0n) is 8.34. The number of methoxy groups -OCH3 is 1. The molecule has 0 bridgehead atoms. The van der Waals surface area contributed by atoms with Crippen LogP contribution in [0.15, 0.2) is 23.4 Å². The fourth-order valence-electron chi connectivity index (χ4n) is 0.957. The molecular weight excluding hydrogens is 192 g/mol. The van der Waals surface area contributed by atoms with E-state index in [-0.39, 0.29) is 0 Å².